The Hall–Kier alpha value is -1.53. The van der Waals surface area contributed by atoms with Crippen molar-refractivity contribution in [3.05, 3.63) is 36.4 Å². The molecule has 19 heavy (non-hydrogen) atoms. The molecular weight excluding hydrogens is 276 g/mol. The number of thioether (sulfide) groups is 1. The van der Waals surface area contributed by atoms with Crippen molar-refractivity contribution in [1.82, 2.24) is 14.5 Å². The van der Waals surface area contributed by atoms with Crippen molar-refractivity contribution in [3.8, 4) is 0 Å². The van der Waals surface area contributed by atoms with Gasteiger partial charge in [0.05, 0.1) is 28.8 Å². The van der Waals surface area contributed by atoms with E-state index >= 15 is 0 Å². The zero-order valence-corrected chi connectivity index (χ0v) is 12.4. The zero-order chi connectivity index (χ0) is 13.2. The zero-order valence-electron chi connectivity index (χ0n) is 10.8. The molecule has 3 aromatic rings. The normalized spacial score (nSPS) is 11.1. The van der Waals surface area contributed by atoms with Gasteiger partial charge in [0.1, 0.15) is 0 Å². The molecule has 0 amide bonds. The van der Waals surface area contributed by atoms with Gasteiger partial charge in [-0.15, -0.1) is 11.3 Å². The third-order valence-electron chi connectivity index (χ3n) is 2.93. The number of thiazole rings is 1. The summed E-state index contributed by atoms with van der Waals surface area (Å²) in [6.45, 7) is 0.774. The van der Waals surface area contributed by atoms with Crippen LogP contribution in [0, 0.1) is 0 Å². The number of anilines is 1. The van der Waals surface area contributed by atoms with Crippen LogP contribution in [0.15, 0.2) is 35.1 Å². The van der Waals surface area contributed by atoms with Crippen molar-refractivity contribution < 1.29 is 0 Å². The summed E-state index contributed by atoms with van der Waals surface area (Å²) in [5, 5.41) is 3.42. The first-order valence-electron chi connectivity index (χ1n) is 5.90. The second-order valence-corrected chi connectivity index (χ2v) is 6.30. The Morgan fingerprint density at radius 3 is 3.05 bits per heavy atom. The highest BCUT2D eigenvalue weighted by Crippen LogP contribution is 2.30. The third kappa shape index (κ3) is 2.59. The van der Waals surface area contributed by atoms with Crippen molar-refractivity contribution in [1.29, 1.82) is 0 Å². The first kappa shape index (κ1) is 12.5. The van der Waals surface area contributed by atoms with E-state index in [1.54, 1.807) is 23.1 Å². The second kappa shape index (κ2) is 5.22. The van der Waals surface area contributed by atoms with Crippen LogP contribution in [-0.2, 0) is 13.6 Å². The van der Waals surface area contributed by atoms with E-state index < -0.39 is 0 Å². The maximum atomic E-state index is 4.54. The molecule has 0 radical (unpaired) electrons. The molecule has 0 saturated heterocycles. The summed E-state index contributed by atoms with van der Waals surface area (Å²) in [6, 6.07) is 6.29. The highest BCUT2D eigenvalue weighted by molar-refractivity contribution is 8.00. The number of aryl methyl sites for hydroxylation is 1. The summed E-state index contributed by atoms with van der Waals surface area (Å²) in [6.07, 6.45) is 5.75. The summed E-state index contributed by atoms with van der Waals surface area (Å²) in [4.78, 5) is 8.65. The molecule has 0 bridgehead atoms. The van der Waals surface area contributed by atoms with Gasteiger partial charge in [-0.3, -0.25) is 0 Å². The predicted octanol–water partition coefficient (Wildman–Crippen LogP) is 3.36. The van der Waals surface area contributed by atoms with Crippen molar-refractivity contribution in [2.45, 2.75) is 10.9 Å². The lowest BCUT2D eigenvalue weighted by atomic mass is 10.3. The van der Waals surface area contributed by atoms with E-state index in [0.717, 1.165) is 27.8 Å². The van der Waals surface area contributed by atoms with Crippen LogP contribution in [0.2, 0.25) is 0 Å². The summed E-state index contributed by atoms with van der Waals surface area (Å²) in [5.41, 5.74) is 3.35. The molecule has 0 aliphatic rings. The van der Waals surface area contributed by atoms with E-state index in [4.69, 9.17) is 0 Å². The molecule has 3 rings (SSSR count). The fraction of sp³-hybridized carbons (Fsp3) is 0.231. The fourth-order valence-electron chi connectivity index (χ4n) is 1.85. The number of imidazole rings is 1. The van der Waals surface area contributed by atoms with E-state index in [0.29, 0.717) is 0 Å². The summed E-state index contributed by atoms with van der Waals surface area (Å²) in [7, 11) is 2.00. The Labute approximate surface area is 119 Å². The molecule has 0 aliphatic carbocycles. The molecule has 1 aromatic carbocycles. The molecule has 0 fully saturated rings. The average molecular weight is 290 g/mol. The van der Waals surface area contributed by atoms with Gasteiger partial charge >= 0.3 is 0 Å². The molecule has 0 spiro atoms. The van der Waals surface area contributed by atoms with E-state index in [1.165, 1.54) is 4.70 Å². The van der Waals surface area contributed by atoms with E-state index in [2.05, 4.69) is 39.7 Å². The number of aromatic nitrogens is 3. The molecule has 6 heteroatoms. The first-order valence-corrected chi connectivity index (χ1v) is 7.94. The lowest BCUT2D eigenvalue weighted by Crippen LogP contribution is -2.03. The smallest absolute Gasteiger partial charge is 0.150 e. The molecule has 0 saturated carbocycles. The van der Waals surface area contributed by atoms with Gasteiger partial charge in [0.25, 0.3) is 0 Å². The number of nitrogens with zero attached hydrogens (tertiary/aromatic N) is 3. The van der Waals surface area contributed by atoms with Crippen molar-refractivity contribution in [2.75, 3.05) is 11.6 Å². The minimum atomic E-state index is 0.774. The number of fused-ring (bicyclic) bond motifs is 1. The summed E-state index contributed by atoms with van der Waals surface area (Å²) >= 11 is 3.42. The lowest BCUT2D eigenvalue weighted by Gasteiger charge is -2.06. The SMILES string of the molecule is CSc1nc2ccc(NCc3cncn3C)cc2s1. The molecule has 0 aliphatic heterocycles. The summed E-state index contributed by atoms with van der Waals surface area (Å²) in [5.74, 6) is 0. The average Bonchev–Trinajstić information content (AvgIpc) is 3.01. The fourth-order valence-corrected chi connectivity index (χ4v) is 3.38. The Bertz CT molecular complexity index is 702. The van der Waals surface area contributed by atoms with Gasteiger partial charge in [0, 0.05) is 18.9 Å². The van der Waals surface area contributed by atoms with Crippen LogP contribution in [0.3, 0.4) is 0 Å². The predicted molar refractivity (Wildman–Crippen MR) is 81.9 cm³/mol. The van der Waals surface area contributed by atoms with Gasteiger partial charge in [0.15, 0.2) is 4.34 Å². The molecule has 98 valence electrons. The highest BCUT2D eigenvalue weighted by Gasteiger charge is 2.04. The van der Waals surface area contributed by atoms with Crippen LogP contribution in [0.1, 0.15) is 5.69 Å². The Kier molecular flexibility index (Phi) is 3.44. The number of rotatable bonds is 4. The number of nitrogens with one attached hydrogen (secondary N) is 1. The lowest BCUT2D eigenvalue weighted by molar-refractivity contribution is 0.837. The van der Waals surface area contributed by atoms with Crippen molar-refractivity contribution >= 4 is 39.0 Å². The molecule has 4 nitrogen and oxygen atoms in total. The van der Waals surface area contributed by atoms with Crippen LogP contribution in [0.5, 0.6) is 0 Å². The van der Waals surface area contributed by atoms with Crippen LogP contribution in [0.25, 0.3) is 10.2 Å². The highest BCUT2D eigenvalue weighted by atomic mass is 32.2. The third-order valence-corrected chi connectivity index (χ3v) is 4.94. The Balaban J connectivity index is 1.79. The largest absolute Gasteiger partial charge is 0.379 e. The van der Waals surface area contributed by atoms with Gasteiger partial charge < -0.3 is 9.88 Å². The van der Waals surface area contributed by atoms with E-state index in [1.807, 2.05) is 24.1 Å². The van der Waals surface area contributed by atoms with E-state index in [9.17, 15) is 0 Å². The Morgan fingerprint density at radius 2 is 2.32 bits per heavy atom. The standard InChI is InChI=1S/C13H14N4S2/c1-17-8-14-6-10(17)7-15-9-3-4-11-12(5-9)19-13(16-11)18-2/h3-6,8,15H,7H2,1-2H3. The maximum absolute atomic E-state index is 4.54. The molecule has 0 unspecified atom stereocenters. The second-order valence-electron chi connectivity index (χ2n) is 4.22. The number of benzene rings is 1. The molecule has 2 heterocycles. The van der Waals surface area contributed by atoms with Gasteiger partial charge in [-0.2, -0.15) is 0 Å². The number of hydrogen-bond donors (Lipinski definition) is 1. The quantitative estimate of drug-likeness (QED) is 0.748. The maximum Gasteiger partial charge on any atom is 0.150 e. The first-order chi connectivity index (χ1) is 9.26. The van der Waals surface area contributed by atoms with Crippen LogP contribution >= 0.6 is 23.1 Å². The molecular formula is C13H14N4S2. The summed E-state index contributed by atoms with van der Waals surface area (Å²) < 4.78 is 4.35. The topological polar surface area (TPSA) is 42.7 Å². The molecule has 1 N–H and O–H groups in total. The molecule has 0 atom stereocenters. The molecule has 2 aromatic heterocycles. The van der Waals surface area contributed by atoms with Gasteiger partial charge in [0.2, 0.25) is 0 Å². The van der Waals surface area contributed by atoms with E-state index in [-0.39, 0.29) is 0 Å². The minimum absolute atomic E-state index is 0.774. The van der Waals surface area contributed by atoms with Crippen LogP contribution in [-0.4, -0.2) is 20.8 Å². The van der Waals surface area contributed by atoms with Crippen molar-refractivity contribution in [3.63, 3.8) is 0 Å². The van der Waals surface area contributed by atoms with Crippen LogP contribution in [0.4, 0.5) is 5.69 Å². The van der Waals surface area contributed by atoms with Gasteiger partial charge in [-0.25, -0.2) is 9.97 Å². The minimum Gasteiger partial charge on any atom is -0.379 e. The Morgan fingerprint density at radius 1 is 1.42 bits per heavy atom. The number of hydrogen-bond acceptors (Lipinski definition) is 5. The monoisotopic (exact) mass is 290 g/mol. The van der Waals surface area contributed by atoms with Crippen molar-refractivity contribution in [2.24, 2.45) is 7.05 Å². The van der Waals surface area contributed by atoms with Gasteiger partial charge in [-0.1, -0.05) is 11.8 Å². The van der Waals surface area contributed by atoms with Crippen LogP contribution < -0.4 is 5.32 Å². The van der Waals surface area contributed by atoms with Gasteiger partial charge in [-0.05, 0) is 24.5 Å².